The summed E-state index contributed by atoms with van der Waals surface area (Å²) in [6.45, 7) is 39.1. The molecule has 0 spiro atoms. The average Bonchev–Trinajstić information content (AvgIpc) is 3.21. The van der Waals surface area contributed by atoms with Gasteiger partial charge in [0.1, 0.15) is 0 Å². The van der Waals surface area contributed by atoms with E-state index in [2.05, 4.69) is 0 Å². The lowest BCUT2D eigenvalue weighted by Gasteiger charge is -2.44. The molecule has 0 aromatic rings. The van der Waals surface area contributed by atoms with Gasteiger partial charge in [-0.15, -0.1) is 0 Å². The van der Waals surface area contributed by atoms with Crippen molar-refractivity contribution in [2.24, 2.45) is 0 Å². The van der Waals surface area contributed by atoms with E-state index in [0.29, 0.717) is 91.8 Å². The van der Waals surface area contributed by atoms with Crippen molar-refractivity contribution in [3.63, 3.8) is 0 Å². The molecule has 0 amide bonds. The Balaban J connectivity index is 7.44. The van der Waals surface area contributed by atoms with Crippen molar-refractivity contribution in [2.45, 2.75) is 186 Å². The van der Waals surface area contributed by atoms with Crippen molar-refractivity contribution in [1.29, 1.82) is 0 Å². The first-order valence-corrected chi connectivity index (χ1v) is 41.7. The molecule has 0 N–H and O–H groups in total. The Bertz CT molecular complexity index is 1070. The second-order valence-corrected chi connectivity index (χ2v) is 38.5. The van der Waals surface area contributed by atoms with Crippen molar-refractivity contribution >= 4 is 70.4 Å². The Kier molecular flexibility index (Phi) is 33.3. The highest BCUT2D eigenvalue weighted by Crippen LogP contribution is 2.33. The first-order valence-electron chi connectivity index (χ1n) is 23.9. The molecule has 0 rings (SSSR count). The van der Waals surface area contributed by atoms with Crippen LogP contribution < -0.4 is 0 Å². The Morgan fingerprint density at radius 1 is 0.175 bits per heavy atom. The molecule has 0 aliphatic heterocycles. The van der Waals surface area contributed by atoms with E-state index in [4.69, 9.17) is 73.1 Å². The number of hydrogen-bond acceptors (Lipinski definition) is 17. The lowest BCUT2D eigenvalue weighted by Crippen LogP contribution is -2.68. The summed E-state index contributed by atoms with van der Waals surface area (Å²) in [5.41, 5.74) is 0. The molecule has 0 saturated carbocycles. The molecule has 0 radical (unpaired) electrons. The highest BCUT2D eigenvalue weighted by atomic mass is 28.5. The molecule has 0 aliphatic carbocycles. The third-order valence-corrected chi connectivity index (χ3v) is 36.3. The number of hydrogen-bond donors (Lipinski definition) is 0. The van der Waals surface area contributed by atoms with Gasteiger partial charge in [0, 0.05) is 118 Å². The van der Waals surface area contributed by atoms with E-state index in [9.17, 15) is 0 Å². The van der Waals surface area contributed by atoms with Crippen molar-refractivity contribution in [3.8, 4) is 0 Å². The maximum atomic E-state index is 7.11. The largest absolute Gasteiger partial charge is 0.490 e. The zero-order valence-electron chi connectivity index (χ0n) is 43.1. The fourth-order valence-corrected chi connectivity index (χ4v) is 37.7. The SMILES string of the molecule is CCCO[Si](C)(OCCC)O[Si](C)(OCCC)O[Si](C)(OCCC)O[Si](C)(OCCC)O[Si](C)(OCCC)O[Si](C)(OCCC)O[Si](C)(OCCC)O[Si](C)(OCCC)OCCC. The predicted molar refractivity (Wildman–Crippen MR) is 263 cm³/mol. The van der Waals surface area contributed by atoms with E-state index in [-0.39, 0.29) is 0 Å². The van der Waals surface area contributed by atoms with E-state index in [0.717, 1.165) is 38.5 Å². The van der Waals surface area contributed by atoms with Crippen LogP contribution in [0.3, 0.4) is 0 Å². The molecule has 0 aromatic heterocycles. The van der Waals surface area contributed by atoms with Gasteiger partial charge in [-0.1, -0.05) is 69.2 Å². The standard InChI is InChI=1S/C38H94O17Si8/c1-19-29-39-56(11,40-30-20-2)49-58(13,43-33-23-5)51-60(15,45-35-25-7)53-62(17,47-37-27-9)55-63(18,48-38-28-10)54-61(16,46-36-26-8)52-59(14,44-34-24-6)50-57(12,41-31-21-3)42-32-22-4/h19-38H2,1-18H3. The van der Waals surface area contributed by atoms with Crippen LogP contribution in [0, 0.1) is 0 Å². The van der Waals surface area contributed by atoms with Gasteiger partial charge in [-0.25, -0.2) is 0 Å². The van der Waals surface area contributed by atoms with Crippen molar-refractivity contribution in [1.82, 2.24) is 0 Å². The van der Waals surface area contributed by atoms with Gasteiger partial charge in [-0.05, 0) is 64.2 Å². The fraction of sp³-hybridized carbons (Fsp3) is 1.00. The van der Waals surface area contributed by atoms with Gasteiger partial charge in [0.15, 0.2) is 0 Å². The normalized spacial score (nSPS) is 18.6. The maximum Gasteiger partial charge on any atom is 0.490 e. The minimum atomic E-state index is -3.84. The molecule has 0 heterocycles. The van der Waals surface area contributed by atoms with Crippen LogP contribution in [-0.2, 0) is 73.1 Å². The Morgan fingerprint density at radius 3 is 0.381 bits per heavy atom. The Morgan fingerprint density at radius 2 is 0.270 bits per heavy atom. The summed E-state index contributed by atoms with van der Waals surface area (Å²) in [6.07, 6.45) is 7.45. The average molecular weight is 1050 g/mol. The third kappa shape index (κ3) is 27.1. The van der Waals surface area contributed by atoms with Crippen molar-refractivity contribution < 1.29 is 73.1 Å². The summed E-state index contributed by atoms with van der Waals surface area (Å²) in [4.78, 5) is 0. The molecule has 63 heavy (non-hydrogen) atoms. The smallest absolute Gasteiger partial charge is 0.375 e. The van der Waals surface area contributed by atoms with Crippen LogP contribution >= 0.6 is 0 Å². The molecular formula is C38H94O17Si8. The molecule has 380 valence electrons. The first kappa shape index (κ1) is 64.1. The van der Waals surface area contributed by atoms with Crippen molar-refractivity contribution in [2.75, 3.05) is 66.1 Å². The second-order valence-electron chi connectivity index (χ2n) is 16.1. The van der Waals surface area contributed by atoms with Crippen LogP contribution in [0.5, 0.6) is 0 Å². The van der Waals surface area contributed by atoms with Crippen LogP contribution in [0.15, 0.2) is 0 Å². The monoisotopic (exact) mass is 1050 g/mol. The molecule has 6 unspecified atom stereocenters. The van der Waals surface area contributed by atoms with Crippen LogP contribution in [0.2, 0.25) is 52.4 Å². The highest BCUT2D eigenvalue weighted by Gasteiger charge is 2.62. The summed E-state index contributed by atoms with van der Waals surface area (Å²) in [6, 6.07) is 0. The van der Waals surface area contributed by atoms with Crippen LogP contribution in [0.25, 0.3) is 0 Å². The molecule has 25 heteroatoms. The quantitative estimate of drug-likeness (QED) is 0.0531. The minimum Gasteiger partial charge on any atom is -0.375 e. The number of rotatable bonds is 44. The topological polar surface area (TPSA) is 157 Å². The summed E-state index contributed by atoms with van der Waals surface area (Å²) in [5.74, 6) is 0. The molecule has 0 aromatic carbocycles. The maximum absolute atomic E-state index is 7.11. The zero-order chi connectivity index (χ0) is 48.2. The molecule has 0 bridgehead atoms. The van der Waals surface area contributed by atoms with E-state index in [1.165, 1.54) is 0 Å². The van der Waals surface area contributed by atoms with E-state index >= 15 is 0 Å². The van der Waals surface area contributed by atoms with E-state index < -0.39 is 70.4 Å². The summed E-state index contributed by atoms with van der Waals surface area (Å²) >= 11 is 0. The van der Waals surface area contributed by atoms with Crippen LogP contribution in [-0.4, -0.2) is 137 Å². The lowest BCUT2D eigenvalue weighted by molar-refractivity contribution is 0.0319. The molecule has 0 fully saturated rings. The summed E-state index contributed by atoms with van der Waals surface area (Å²) in [7, 11) is -29.0. The first-order chi connectivity index (χ1) is 29.6. The van der Waals surface area contributed by atoms with Crippen LogP contribution in [0.4, 0.5) is 0 Å². The zero-order valence-corrected chi connectivity index (χ0v) is 51.1. The molecule has 0 aliphatic rings. The van der Waals surface area contributed by atoms with Crippen molar-refractivity contribution in [3.05, 3.63) is 0 Å². The van der Waals surface area contributed by atoms with E-state index in [1.807, 2.05) is 122 Å². The van der Waals surface area contributed by atoms with Gasteiger partial charge in [-0.3, -0.25) is 0 Å². The van der Waals surface area contributed by atoms with Gasteiger partial charge in [0.05, 0.1) is 0 Å². The van der Waals surface area contributed by atoms with Gasteiger partial charge in [0.25, 0.3) is 0 Å². The van der Waals surface area contributed by atoms with Gasteiger partial charge < -0.3 is 73.1 Å². The third-order valence-electron chi connectivity index (χ3n) is 8.28. The molecule has 6 atom stereocenters. The van der Waals surface area contributed by atoms with Gasteiger partial charge in [0.2, 0.25) is 0 Å². The lowest BCUT2D eigenvalue weighted by atomic mass is 10.5. The fourth-order valence-electron chi connectivity index (χ4n) is 5.91. The highest BCUT2D eigenvalue weighted by molar-refractivity contribution is 6.87. The summed E-state index contributed by atoms with van der Waals surface area (Å²) < 4.78 is 113. The predicted octanol–water partition coefficient (Wildman–Crippen LogP) is 9.92. The molecule has 0 saturated heterocycles. The molecular weight excluding hydrogens is 953 g/mol. The van der Waals surface area contributed by atoms with Crippen LogP contribution in [0.1, 0.15) is 133 Å². The van der Waals surface area contributed by atoms with Gasteiger partial charge in [-0.2, -0.15) is 0 Å². The Labute approximate surface area is 393 Å². The summed E-state index contributed by atoms with van der Waals surface area (Å²) in [5, 5.41) is 0. The second kappa shape index (κ2) is 32.8. The van der Waals surface area contributed by atoms with E-state index in [1.54, 1.807) is 0 Å². The van der Waals surface area contributed by atoms with Gasteiger partial charge >= 0.3 is 70.4 Å². The minimum absolute atomic E-state index is 0.331. The Hall–Kier alpha value is 1.06. The molecule has 17 nitrogen and oxygen atoms in total.